The number of nitrogens with zero attached hydrogens (tertiary/aromatic N) is 2. The summed E-state index contributed by atoms with van der Waals surface area (Å²) in [6.07, 6.45) is 0. The molecule has 0 amide bonds. The first-order chi connectivity index (χ1) is 6.25. The fourth-order valence-corrected chi connectivity index (χ4v) is 2.29. The summed E-state index contributed by atoms with van der Waals surface area (Å²) in [5.74, 6) is 0. The minimum atomic E-state index is 0.449. The van der Waals surface area contributed by atoms with Gasteiger partial charge in [-0.2, -0.15) is 0 Å². The van der Waals surface area contributed by atoms with Crippen molar-refractivity contribution in [3.05, 3.63) is 33.5 Å². The Kier molecular flexibility index (Phi) is 2.62. The third-order valence-electron chi connectivity index (χ3n) is 1.44. The minimum Gasteiger partial charge on any atom is -0.221 e. The van der Waals surface area contributed by atoms with E-state index in [1.54, 1.807) is 17.4 Å². The smallest absolute Gasteiger partial charge is 0.198 e. The fraction of sp³-hybridized carbons (Fsp3) is 0. The van der Waals surface area contributed by atoms with Crippen LogP contribution in [0.2, 0.25) is 5.15 Å². The Hall–Kier alpha value is -0.450. The summed E-state index contributed by atoms with van der Waals surface area (Å²) in [6.45, 7) is 0. The van der Waals surface area contributed by atoms with E-state index < -0.39 is 0 Å². The van der Waals surface area contributed by atoms with Gasteiger partial charge < -0.3 is 0 Å². The summed E-state index contributed by atoms with van der Waals surface area (Å²) in [5, 5.41) is 2.45. The zero-order valence-corrected chi connectivity index (χ0v) is 9.53. The number of rotatable bonds is 1. The summed E-state index contributed by atoms with van der Waals surface area (Å²) in [5.41, 5.74) is 0.849. The monoisotopic (exact) mass is 274 g/mol. The fourth-order valence-electron chi connectivity index (χ4n) is 0.940. The van der Waals surface area contributed by atoms with Gasteiger partial charge in [-0.15, -0.1) is 11.3 Å². The highest BCUT2D eigenvalue weighted by Gasteiger charge is 2.03. The van der Waals surface area contributed by atoms with Crippen LogP contribution in [0.4, 0.5) is 0 Å². The van der Waals surface area contributed by atoms with Crippen LogP contribution in [-0.4, -0.2) is 9.97 Å². The Bertz CT molecular complexity index is 396. The van der Waals surface area contributed by atoms with E-state index in [9.17, 15) is 0 Å². The van der Waals surface area contributed by atoms with E-state index in [0.717, 1.165) is 10.6 Å². The average Bonchev–Trinajstić information content (AvgIpc) is 2.53. The summed E-state index contributed by atoms with van der Waals surface area (Å²) >= 11 is 10.6. The van der Waals surface area contributed by atoms with E-state index in [2.05, 4.69) is 25.9 Å². The predicted molar refractivity (Wildman–Crippen MR) is 58.1 cm³/mol. The molecule has 5 heteroatoms. The maximum absolute atomic E-state index is 5.79. The molecular formula is C8H4BrClN2S. The zero-order valence-electron chi connectivity index (χ0n) is 6.37. The van der Waals surface area contributed by atoms with Gasteiger partial charge in [0.2, 0.25) is 0 Å². The van der Waals surface area contributed by atoms with Gasteiger partial charge in [0.25, 0.3) is 0 Å². The van der Waals surface area contributed by atoms with Crippen molar-refractivity contribution in [3.8, 4) is 10.6 Å². The van der Waals surface area contributed by atoms with Crippen LogP contribution in [0.15, 0.2) is 28.3 Å². The molecule has 0 aliphatic heterocycles. The molecule has 66 valence electrons. The molecule has 2 aromatic rings. The van der Waals surface area contributed by atoms with E-state index in [-0.39, 0.29) is 0 Å². The molecule has 0 spiro atoms. The van der Waals surface area contributed by atoms with Gasteiger partial charge in [-0.1, -0.05) is 17.7 Å². The second-order valence-corrected chi connectivity index (χ2v) is 4.37. The van der Waals surface area contributed by atoms with Gasteiger partial charge in [-0.3, -0.25) is 0 Å². The van der Waals surface area contributed by atoms with Gasteiger partial charge in [-0.05, 0) is 27.4 Å². The highest BCUT2D eigenvalue weighted by atomic mass is 79.9. The maximum Gasteiger partial charge on any atom is 0.198 e. The topological polar surface area (TPSA) is 25.8 Å². The second-order valence-electron chi connectivity index (χ2n) is 2.32. The highest BCUT2D eigenvalue weighted by Crippen LogP contribution is 2.25. The molecular weight excluding hydrogens is 272 g/mol. The van der Waals surface area contributed by atoms with Crippen LogP contribution in [0.1, 0.15) is 0 Å². The van der Waals surface area contributed by atoms with Crippen molar-refractivity contribution in [2.45, 2.75) is 0 Å². The Morgan fingerprint density at radius 2 is 2.23 bits per heavy atom. The van der Waals surface area contributed by atoms with Crippen molar-refractivity contribution in [3.63, 3.8) is 0 Å². The lowest BCUT2D eigenvalue weighted by Crippen LogP contribution is -1.86. The van der Waals surface area contributed by atoms with Crippen LogP contribution in [-0.2, 0) is 0 Å². The number of hydrogen-bond donors (Lipinski definition) is 0. The standard InChI is InChI=1S/C8H4BrClN2S/c9-8-11-5(4-7(10)12-8)6-2-1-3-13-6/h1-4H. The van der Waals surface area contributed by atoms with E-state index >= 15 is 0 Å². The molecule has 2 heterocycles. The molecule has 0 radical (unpaired) electrons. The number of halogens is 2. The number of hydrogen-bond acceptors (Lipinski definition) is 3. The van der Waals surface area contributed by atoms with E-state index in [0.29, 0.717) is 9.89 Å². The van der Waals surface area contributed by atoms with E-state index in [4.69, 9.17) is 11.6 Å². The first-order valence-corrected chi connectivity index (χ1v) is 5.55. The average molecular weight is 276 g/mol. The van der Waals surface area contributed by atoms with E-state index in [1.165, 1.54) is 0 Å². The predicted octanol–water partition coefficient (Wildman–Crippen LogP) is 3.62. The summed E-state index contributed by atoms with van der Waals surface area (Å²) in [7, 11) is 0. The largest absolute Gasteiger partial charge is 0.221 e. The SMILES string of the molecule is Clc1cc(-c2cccs2)nc(Br)n1. The van der Waals surface area contributed by atoms with Crippen LogP contribution in [0.25, 0.3) is 10.6 Å². The lowest BCUT2D eigenvalue weighted by atomic mass is 10.3. The third-order valence-corrected chi connectivity index (χ3v) is 2.88. The van der Waals surface area contributed by atoms with Crippen LogP contribution in [0, 0.1) is 0 Å². The van der Waals surface area contributed by atoms with Crippen molar-refractivity contribution in [1.29, 1.82) is 0 Å². The second kappa shape index (κ2) is 3.74. The molecule has 0 aliphatic rings. The molecule has 0 bridgehead atoms. The zero-order chi connectivity index (χ0) is 9.26. The molecule has 2 nitrogen and oxygen atoms in total. The van der Waals surface area contributed by atoms with Gasteiger partial charge in [0.15, 0.2) is 4.73 Å². The lowest BCUT2D eigenvalue weighted by molar-refractivity contribution is 1.12. The molecule has 2 rings (SSSR count). The summed E-state index contributed by atoms with van der Waals surface area (Å²) < 4.78 is 0.517. The third kappa shape index (κ3) is 2.07. The maximum atomic E-state index is 5.79. The highest BCUT2D eigenvalue weighted by molar-refractivity contribution is 9.10. The first-order valence-electron chi connectivity index (χ1n) is 3.49. The molecule has 0 aliphatic carbocycles. The lowest BCUT2D eigenvalue weighted by Gasteiger charge is -1.97. The molecule has 13 heavy (non-hydrogen) atoms. The van der Waals surface area contributed by atoms with Crippen molar-refractivity contribution in [2.75, 3.05) is 0 Å². The van der Waals surface area contributed by atoms with E-state index in [1.807, 2.05) is 17.5 Å². The Morgan fingerprint density at radius 1 is 1.38 bits per heavy atom. The van der Waals surface area contributed by atoms with Gasteiger partial charge in [0.05, 0.1) is 10.6 Å². The molecule has 0 N–H and O–H groups in total. The Balaban J connectivity index is 2.53. The van der Waals surface area contributed by atoms with Crippen LogP contribution in [0.5, 0.6) is 0 Å². The quantitative estimate of drug-likeness (QED) is 0.587. The summed E-state index contributed by atoms with van der Waals surface area (Å²) in [4.78, 5) is 9.22. The van der Waals surface area contributed by atoms with Gasteiger partial charge in [-0.25, -0.2) is 9.97 Å². The molecule has 0 saturated carbocycles. The van der Waals surface area contributed by atoms with Crippen molar-refractivity contribution >= 4 is 38.9 Å². The normalized spacial score (nSPS) is 10.3. The molecule has 0 atom stereocenters. The number of thiophene rings is 1. The molecule has 2 aromatic heterocycles. The minimum absolute atomic E-state index is 0.449. The molecule has 0 unspecified atom stereocenters. The van der Waals surface area contributed by atoms with Crippen LogP contribution < -0.4 is 0 Å². The first kappa shape index (κ1) is 9.12. The van der Waals surface area contributed by atoms with Crippen LogP contribution >= 0.6 is 38.9 Å². The van der Waals surface area contributed by atoms with Gasteiger partial charge in [0, 0.05) is 6.07 Å². The number of aromatic nitrogens is 2. The van der Waals surface area contributed by atoms with Gasteiger partial charge in [0.1, 0.15) is 5.15 Å². The summed E-state index contributed by atoms with van der Waals surface area (Å²) in [6, 6.07) is 5.72. The molecule has 0 fully saturated rings. The van der Waals surface area contributed by atoms with Gasteiger partial charge >= 0.3 is 0 Å². The molecule has 0 saturated heterocycles. The Morgan fingerprint density at radius 3 is 2.85 bits per heavy atom. The van der Waals surface area contributed by atoms with Crippen LogP contribution in [0.3, 0.4) is 0 Å². The van der Waals surface area contributed by atoms with Crippen molar-refractivity contribution in [1.82, 2.24) is 9.97 Å². The van der Waals surface area contributed by atoms with Crippen molar-refractivity contribution < 1.29 is 0 Å². The Labute approximate surface area is 92.7 Å². The van der Waals surface area contributed by atoms with Crippen molar-refractivity contribution in [2.24, 2.45) is 0 Å². The molecule has 0 aromatic carbocycles.